The van der Waals surface area contributed by atoms with Crippen molar-refractivity contribution < 1.29 is 4.39 Å². The van der Waals surface area contributed by atoms with Crippen LogP contribution in [0.2, 0.25) is 0 Å². The van der Waals surface area contributed by atoms with Crippen molar-refractivity contribution >= 4 is 22.4 Å². The summed E-state index contributed by atoms with van der Waals surface area (Å²) in [6, 6.07) is 6.91. The Hall–Kier alpha value is -3.21. The predicted molar refractivity (Wildman–Crippen MR) is 94.4 cm³/mol. The lowest BCUT2D eigenvalue weighted by Gasteiger charge is -2.27. The minimum Gasteiger partial charge on any atom is -0.338 e. The molecule has 3 aromatic heterocycles. The summed E-state index contributed by atoms with van der Waals surface area (Å²) in [5.41, 5.74) is 0.834. The van der Waals surface area contributed by atoms with Gasteiger partial charge in [-0.15, -0.1) is 0 Å². The first-order valence-corrected chi connectivity index (χ1v) is 8.55. The highest BCUT2D eigenvalue weighted by Crippen LogP contribution is 2.36. The highest BCUT2D eigenvalue weighted by Gasteiger charge is 2.29. The molecule has 0 aliphatic heterocycles. The number of nitrogens with zero attached hydrogens (tertiary/aromatic N) is 4. The first-order valence-electron chi connectivity index (χ1n) is 8.55. The zero-order valence-electron chi connectivity index (χ0n) is 13.9. The number of anilines is 2. The molecule has 8 heteroatoms. The molecule has 0 bridgehead atoms. The zero-order valence-corrected chi connectivity index (χ0v) is 13.9. The van der Waals surface area contributed by atoms with Crippen molar-refractivity contribution in [2.75, 3.05) is 5.32 Å². The number of rotatable bonds is 3. The van der Waals surface area contributed by atoms with Crippen LogP contribution >= 0.6 is 0 Å². The van der Waals surface area contributed by atoms with E-state index in [0.29, 0.717) is 22.4 Å². The van der Waals surface area contributed by atoms with Crippen molar-refractivity contribution in [1.82, 2.24) is 19.7 Å². The van der Waals surface area contributed by atoms with Crippen molar-refractivity contribution in [2.24, 2.45) is 5.92 Å². The highest BCUT2D eigenvalue weighted by atomic mass is 19.1. The topological polar surface area (TPSA) is 99.4 Å². The zero-order chi connectivity index (χ0) is 18.1. The summed E-state index contributed by atoms with van der Waals surface area (Å²) in [4.78, 5) is 18.6. The molecule has 1 saturated carbocycles. The van der Waals surface area contributed by atoms with Gasteiger partial charge in [0.25, 0.3) is 5.56 Å². The molecule has 3 aromatic rings. The lowest BCUT2D eigenvalue weighted by Crippen LogP contribution is -2.23. The van der Waals surface area contributed by atoms with Gasteiger partial charge in [-0.3, -0.25) is 9.48 Å². The van der Waals surface area contributed by atoms with E-state index in [1.54, 1.807) is 23.0 Å². The first kappa shape index (κ1) is 16.3. The van der Waals surface area contributed by atoms with Crippen molar-refractivity contribution in [3.05, 3.63) is 46.9 Å². The Kier molecular flexibility index (Phi) is 4.13. The Morgan fingerprint density at radius 2 is 2.19 bits per heavy atom. The molecule has 7 nitrogen and oxygen atoms in total. The van der Waals surface area contributed by atoms with E-state index < -0.39 is 5.95 Å². The Morgan fingerprint density at radius 3 is 3.00 bits per heavy atom. The van der Waals surface area contributed by atoms with Gasteiger partial charge in [0.15, 0.2) is 5.82 Å². The number of fused-ring (bicyclic) bond motifs is 1. The quantitative estimate of drug-likeness (QED) is 0.705. The molecule has 3 heterocycles. The number of nitrogens with one attached hydrogen (secondary N) is 2. The summed E-state index contributed by atoms with van der Waals surface area (Å²) < 4.78 is 15.2. The fraction of sp³-hybridized carbons (Fsp3) is 0.333. The summed E-state index contributed by atoms with van der Waals surface area (Å²) in [6.07, 6.45) is 6.62. The first-order chi connectivity index (χ1) is 12.7. The van der Waals surface area contributed by atoms with E-state index in [1.807, 2.05) is 0 Å². The molecule has 0 radical (unpaired) electrons. The fourth-order valence-electron chi connectivity index (χ4n) is 3.61. The maximum atomic E-state index is 13.4. The number of halogens is 1. The van der Waals surface area contributed by atoms with Gasteiger partial charge in [-0.1, -0.05) is 12.8 Å². The highest BCUT2D eigenvalue weighted by molar-refractivity contribution is 5.91. The molecule has 0 saturated heterocycles. The summed E-state index contributed by atoms with van der Waals surface area (Å²) in [7, 11) is 0. The van der Waals surface area contributed by atoms with Crippen molar-refractivity contribution in [3.8, 4) is 6.07 Å². The van der Waals surface area contributed by atoms with E-state index in [1.165, 1.54) is 12.3 Å². The smallest absolute Gasteiger partial charge is 0.261 e. The van der Waals surface area contributed by atoms with Gasteiger partial charge in [0.2, 0.25) is 5.95 Å². The van der Waals surface area contributed by atoms with Gasteiger partial charge in [0.05, 0.1) is 23.5 Å². The molecule has 0 spiro atoms. The average molecular weight is 352 g/mol. The summed E-state index contributed by atoms with van der Waals surface area (Å²) in [6.45, 7) is 0. The van der Waals surface area contributed by atoms with E-state index in [0.717, 1.165) is 25.7 Å². The van der Waals surface area contributed by atoms with Crippen LogP contribution in [0.25, 0.3) is 10.9 Å². The van der Waals surface area contributed by atoms with Crippen molar-refractivity contribution in [1.29, 1.82) is 5.26 Å². The molecular formula is C18H17FN6O. The van der Waals surface area contributed by atoms with Gasteiger partial charge in [-0.05, 0) is 25.0 Å². The van der Waals surface area contributed by atoms with E-state index in [-0.39, 0.29) is 17.5 Å². The number of H-pyrrole nitrogens is 1. The van der Waals surface area contributed by atoms with E-state index in [4.69, 9.17) is 0 Å². The Labute approximate surface area is 148 Å². The van der Waals surface area contributed by atoms with Crippen LogP contribution in [-0.4, -0.2) is 19.7 Å². The summed E-state index contributed by atoms with van der Waals surface area (Å²) >= 11 is 0. The number of nitriles is 1. The van der Waals surface area contributed by atoms with E-state index >= 15 is 0 Å². The van der Waals surface area contributed by atoms with Crippen LogP contribution in [0.15, 0.2) is 35.4 Å². The average Bonchev–Trinajstić information content (AvgIpc) is 3.01. The van der Waals surface area contributed by atoms with Gasteiger partial charge in [0, 0.05) is 24.1 Å². The van der Waals surface area contributed by atoms with Crippen LogP contribution in [0.4, 0.5) is 15.9 Å². The molecule has 26 heavy (non-hydrogen) atoms. The molecule has 2 N–H and O–H groups in total. The Balaban J connectivity index is 1.84. The lowest BCUT2D eigenvalue weighted by atomic mass is 9.85. The maximum absolute atomic E-state index is 13.4. The largest absolute Gasteiger partial charge is 0.338 e. The number of pyridine rings is 2. The van der Waals surface area contributed by atoms with Crippen molar-refractivity contribution in [3.63, 3.8) is 0 Å². The SMILES string of the molecule is N#CC1CCCC[C@@H]1n1nc(Nc2ccnc(F)c2)c2c(=O)[nH]ccc21. The van der Waals surface area contributed by atoms with Gasteiger partial charge in [0.1, 0.15) is 5.39 Å². The van der Waals surface area contributed by atoms with Gasteiger partial charge < -0.3 is 10.3 Å². The van der Waals surface area contributed by atoms with Gasteiger partial charge >= 0.3 is 0 Å². The van der Waals surface area contributed by atoms with E-state index in [9.17, 15) is 14.4 Å². The number of aromatic nitrogens is 4. The molecule has 1 fully saturated rings. The molecular weight excluding hydrogens is 335 g/mol. The fourth-order valence-corrected chi connectivity index (χ4v) is 3.61. The molecule has 0 aromatic carbocycles. The molecule has 1 unspecified atom stereocenters. The van der Waals surface area contributed by atoms with Crippen LogP contribution in [0.1, 0.15) is 31.7 Å². The maximum Gasteiger partial charge on any atom is 0.261 e. The van der Waals surface area contributed by atoms with Gasteiger partial charge in [-0.25, -0.2) is 4.98 Å². The molecule has 1 aliphatic rings. The Morgan fingerprint density at radius 1 is 1.35 bits per heavy atom. The predicted octanol–water partition coefficient (Wildman–Crippen LogP) is 3.26. The van der Waals surface area contributed by atoms with E-state index in [2.05, 4.69) is 26.5 Å². The second kappa shape index (κ2) is 6.59. The molecule has 4 rings (SSSR count). The third kappa shape index (κ3) is 2.81. The van der Waals surface area contributed by atoms with Crippen LogP contribution < -0.4 is 10.9 Å². The van der Waals surface area contributed by atoms with Crippen LogP contribution in [0.5, 0.6) is 0 Å². The summed E-state index contributed by atoms with van der Waals surface area (Å²) in [5, 5.41) is 17.5. The van der Waals surface area contributed by atoms with Crippen LogP contribution in [0.3, 0.4) is 0 Å². The van der Waals surface area contributed by atoms with Crippen LogP contribution in [0, 0.1) is 23.2 Å². The summed E-state index contributed by atoms with van der Waals surface area (Å²) in [5.74, 6) is -0.420. The normalized spacial score (nSPS) is 20.0. The van der Waals surface area contributed by atoms with Crippen molar-refractivity contribution in [2.45, 2.75) is 31.7 Å². The Bertz CT molecular complexity index is 1050. The monoisotopic (exact) mass is 352 g/mol. The molecule has 132 valence electrons. The number of hydrogen-bond acceptors (Lipinski definition) is 5. The second-order valence-corrected chi connectivity index (χ2v) is 6.44. The molecule has 1 aliphatic carbocycles. The molecule has 0 amide bonds. The standard InChI is InChI=1S/C18H17FN6O/c19-15-9-12(5-7-21-15)23-17-16-14(6-8-22-18(16)26)25(24-17)13-4-2-1-3-11(13)10-20/h5-9,11,13H,1-4H2,(H,22,26)(H,21,23,24)/t11?,13-/m0/s1. The van der Waals surface area contributed by atoms with Gasteiger partial charge in [-0.2, -0.15) is 14.8 Å². The van der Waals surface area contributed by atoms with Crippen LogP contribution in [-0.2, 0) is 0 Å². The molecule has 2 atom stereocenters. The third-order valence-corrected chi connectivity index (χ3v) is 4.83. The number of aromatic amines is 1. The minimum absolute atomic E-state index is 0.0808. The minimum atomic E-state index is -0.621. The third-order valence-electron chi connectivity index (χ3n) is 4.83. The second-order valence-electron chi connectivity index (χ2n) is 6.44. The lowest BCUT2D eigenvalue weighted by molar-refractivity contribution is 0.277. The number of hydrogen-bond donors (Lipinski definition) is 2.